The minimum Gasteiger partial charge on any atom is -0.481 e. The van der Waals surface area contributed by atoms with Gasteiger partial charge in [-0.1, -0.05) is 12.2 Å². The van der Waals surface area contributed by atoms with Gasteiger partial charge in [0.2, 0.25) is 10.0 Å². The lowest BCUT2D eigenvalue weighted by Crippen LogP contribution is -2.38. The van der Waals surface area contributed by atoms with E-state index in [4.69, 9.17) is 16.3 Å². The van der Waals surface area contributed by atoms with E-state index in [2.05, 4.69) is 16.7 Å². The largest absolute Gasteiger partial charge is 0.481 e. The van der Waals surface area contributed by atoms with Gasteiger partial charge in [0, 0.05) is 25.3 Å². The highest BCUT2D eigenvalue weighted by Gasteiger charge is 2.48. The molecule has 0 aromatic carbocycles. The Kier molecular flexibility index (Phi) is 7.48. The average molecular weight is 369 g/mol. The van der Waals surface area contributed by atoms with E-state index in [0.29, 0.717) is 18.9 Å². The van der Waals surface area contributed by atoms with Crippen LogP contribution in [0.2, 0.25) is 0 Å². The lowest BCUT2D eigenvalue weighted by Gasteiger charge is -2.27. The van der Waals surface area contributed by atoms with E-state index >= 15 is 0 Å². The summed E-state index contributed by atoms with van der Waals surface area (Å²) < 4.78 is 32.5. The zero-order chi connectivity index (χ0) is 18.3. The minimum atomic E-state index is -3.33. The van der Waals surface area contributed by atoms with Gasteiger partial charge >= 0.3 is 5.97 Å². The molecule has 2 bridgehead atoms. The fourth-order valence-electron chi connectivity index (χ4n) is 3.71. The van der Waals surface area contributed by atoms with Crippen LogP contribution in [0.25, 0.3) is 0 Å². The lowest BCUT2D eigenvalue weighted by atomic mass is 9.77. The number of fused-ring (bicyclic) bond motifs is 2. The van der Waals surface area contributed by atoms with Gasteiger partial charge in [-0.15, -0.1) is 12.3 Å². The molecule has 0 aromatic rings. The highest BCUT2D eigenvalue weighted by atomic mass is 32.2. The number of allylic oxidation sites excluding steroid dienone is 2. The number of ether oxygens (including phenoxy) is 1. The topological polar surface area (TPSA) is 92.7 Å². The number of hydrogen-bond acceptors (Lipinski definition) is 4. The fourth-order valence-corrected chi connectivity index (χ4v) is 4.69. The SMILES string of the molecule is C#CCCS(=O)(=O)NC[C@H]1[C@@H](CC=CCCCC(=O)O)[C@H]2CC[C@@H]1O2. The lowest BCUT2D eigenvalue weighted by molar-refractivity contribution is -0.137. The molecule has 2 heterocycles. The van der Waals surface area contributed by atoms with Crippen molar-refractivity contribution in [2.24, 2.45) is 11.8 Å². The van der Waals surface area contributed by atoms with E-state index in [1.54, 1.807) is 0 Å². The molecule has 7 heteroatoms. The number of carboxylic acid groups (broad SMARTS) is 1. The summed E-state index contributed by atoms with van der Waals surface area (Å²) in [6.45, 7) is 0.394. The molecule has 25 heavy (non-hydrogen) atoms. The smallest absolute Gasteiger partial charge is 0.303 e. The average Bonchev–Trinajstić information content (AvgIpc) is 3.15. The first-order chi connectivity index (χ1) is 11.9. The molecule has 2 aliphatic heterocycles. The summed E-state index contributed by atoms with van der Waals surface area (Å²) in [5.74, 6) is 2.03. The van der Waals surface area contributed by atoms with Gasteiger partial charge in [0.1, 0.15) is 0 Å². The summed E-state index contributed by atoms with van der Waals surface area (Å²) in [6, 6.07) is 0. The summed E-state index contributed by atoms with van der Waals surface area (Å²) in [7, 11) is -3.33. The van der Waals surface area contributed by atoms with Crippen LogP contribution >= 0.6 is 0 Å². The van der Waals surface area contributed by atoms with Crippen LogP contribution in [0, 0.1) is 24.2 Å². The molecular weight excluding hydrogens is 342 g/mol. The van der Waals surface area contributed by atoms with Crippen LogP contribution < -0.4 is 4.72 Å². The second-order valence-electron chi connectivity index (χ2n) is 6.73. The van der Waals surface area contributed by atoms with Crippen molar-refractivity contribution in [1.82, 2.24) is 4.72 Å². The molecule has 4 atom stereocenters. The van der Waals surface area contributed by atoms with Crippen molar-refractivity contribution in [1.29, 1.82) is 0 Å². The van der Waals surface area contributed by atoms with Gasteiger partial charge in [-0.05, 0) is 38.0 Å². The normalized spacial score (nSPS) is 28.4. The van der Waals surface area contributed by atoms with Gasteiger partial charge in [-0.2, -0.15) is 0 Å². The van der Waals surface area contributed by atoms with Crippen molar-refractivity contribution in [3.8, 4) is 12.3 Å². The Hall–Kier alpha value is -1.36. The predicted octanol–water partition coefficient (Wildman–Crippen LogP) is 1.92. The van der Waals surface area contributed by atoms with Crippen molar-refractivity contribution in [2.75, 3.05) is 12.3 Å². The molecule has 0 radical (unpaired) electrons. The maximum atomic E-state index is 11.9. The first-order valence-electron chi connectivity index (χ1n) is 8.86. The molecule has 0 saturated carbocycles. The molecule has 6 nitrogen and oxygen atoms in total. The number of unbranched alkanes of at least 4 members (excludes halogenated alkanes) is 1. The first-order valence-corrected chi connectivity index (χ1v) is 10.5. The molecule has 2 aliphatic rings. The van der Waals surface area contributed by atoms with E-state index in [-0.39, 0.29) is 36.7 Å². The maximum Gasteiger partial charge on any atom is 0.303 e. The van der Waals surface area contributed by atoms with Crippen LogP contribution in [-0.4, -0.2) is 44.0 Å². The molecule has 140 valence electrons. The van der Waals surface area contributed by atoms with E-state index in [1.807, 2.05) is 6.08 Å². The third kappa shape index (κ3) is 6.14. The Morgan fingerprint density at radius 2 is 2.00 bits per heavy atom. The summed E-state index contributed by atoms with van der Waals surface area (Å²) in [6.07, 6.45) is 14.2. The Bertz CT molecular complexity index is 622. The van der Waals surface area contributed by atoms with Crippen LogP contribution in [0.5, 0.6) is 0 Å². The van der Waals surface area contributed by atoms with Gasteiger partial charge in [-0.25, -0.2) is 13.1 Å². The molecule has 0 aromatic heterocycles. The van der Waals surface area contributed by atoms with Crippen LogP contribution in [0.3, 0.4) is 0 Å². The maximum absolute atomic E-state index is 11.9. The molecule has 2 saturated heterocycles. The van der Waals surface area contributed by atoms with Gasteiger partial charge < -0.3 is 9.84 Å². The first kappa shape index (κ1) is 20.0. The van der Waals surface area contributed by atoms with Crippen LogP contribution in [0.4, 0.5) is 0 Å². The number of hydrogen-bond donors (Lipinski definition) is 2. The summed E-state index contributed by atoms with van der Waals surface area (Å²) in [4.78, 5) is 10.5. The van der Waals surface area contributed by atoms with Crippen molar-refractivity contribution in [3.05, 3.63) is 12.2 Å². The zero-order valence-corrected chi connectivity index (χ0v) is 15.2. The van der Waals surface area contributed by atoms with Crippen molar-refractivity contribution < 1.29 is 23.1 Å². The van der Waals surface area contributed by atoms with Crippen molar-refractivity contribution in [3.63, 3.8) is 0 Å². The highest BCUT2D eigenvalue weighted by Crippen LogP contribution is 2.44. The molecule has 2 N–H and O–H groups in total. The predicted molar refractivity (Wildman–Crippen MR) is 95.4 cm³/mol. The summed E-state index contributed by atoms with van der Waals surface area (Å²) in [5.41, 5.74) is 0. The molecule has 0 unspecified atom stereocenters. The Labute approximate surface area is 150 Å². The molecule has 0 amide bonds. The molecular formula is C18H27NO5S. The standard InChI is InChI=1S/C18H27NO5S/c1-2-3-12-25(22,23)19-13-15-14(16-10-11-17(15)24-16)8-6-4-5-7-9-18(20)21/h1,4,6,14-17,19H,3,5,7-13H2,(H,20,21)/t14-,15+,16-,17+/m1/s1. The Balaban J connectivity index is 1.81. The number of carboxylic acids is 1. The van der Waals surface area contributed by atoms with Crippen LogP contribution in [0.1, 0.15) is 44.9 Å². The molecule has 0 spiro atoms. The number of carbonyl (C=O) groups is 1. The van der Waals surface area contributed by atoms with Crippen molar-refractivity contribution in [2.45, 2.75) is 57.2 Å². The number of rotatable bonds is 11. The van der Waals surface area contributed by atoms with Gasteiger partial charge in [0.05, 0.1) is 18.0 Å². The Morgan fingerprint density at radius 1 is 1.28 bits per heavy atom. The van der Waals surface area contributed by atoms with E-state index in [1.165, 1.54) is 0 Å². The highest BCUT2D eigenvalue weighted by molar-refractivity contribution is 7.89. The fraction of sp³-hybridized carbons (Fsp3) is 0.722. The number of terminal acetylenes is 1. The second-order valence-corrected chi connectivity index (χ2v) is 8.66. The van der Waals surface area contributed by atoms with Crippen molar-refractivity contribution >= 4 is 16.0 Å². The zero-order valence-electron chi connectivity index (χ0n) is 14.4. The quantitative estimate of drug-likeness (QED) is 0.330. The summed E-state index contributed by atoms with van der Waals surface area (Å²) in [5, 5.41) is 8.62. The van der Waals surface area contributed by atoms with Gasteiger partial charge in [-0.3, -0.25) is 4.79 Å². The third-order valence-electron chi connectivity index (χ3n) is 4.98. The molecule has 2 fully saturated rings. The van der Waals surface area contributed by atoms with Gasteiger partial charge in [0.25, 0.3) is 0 Å². The number of nitrogens with one attached hydrogen (secondary N) is 1. The summed E-state index contributed by atoms with van der Waals surface area (Å²) >= 11 is 0. The number of aliphatic carboxylic acids is 1. The number of sulfonamides is 1. The molecule has 0 aliphatic carbocycles. The monoisotopic (exact) mass is 369 g/mol. The van der Waals surface area contributed by atoms with E-state index < -0.39 is 16.0 Å². The third-order valence-corrected chi connectivity index (χ3v) is 6.33. The van der Waals surface area contributed by atoms with E-state index in [9.17, 15) is 13.2 Å². The van der Waals surface area contributed by atoms with E-state index in [0.717, 1.165) is 25.7 Å². The second kappa shape index (κ2) is 9.37. The molecule has 2 rings (SSSR count). The Morgan fingerprint density at radius 3 is 2.68 bits per heavy atom. The van der Waals surface area contributed by atoms with Crippen LogP contribution in [-0.2, 0) is 19.6 Å². The van der Waals surface area contributed by atoms with Crippen LogP contribution in [0.15, 0.2) is 12.2 Å². The van der Waals surface area contributed by atoms with Gasteiger partial charge in [0.15, 0.2) is 0 Å². The minimum absolute atomic E-state index is 0.0423.